The van der Waals surface area contributed by atoms with Crippen molar-refractivity contribution >= 4 is 27.4 Å². The molecule has 34 heavy (non-hydrogen) atoms. The second-order valence-electron chi connectivity index (χ2n) is 9.91. The lowest BCUT2D eigenvalue weighted by molar-refractivity contribution is 0.00791. The van der Waals surface area contributed by atoms with E-state index in [0.29, 0.717) is 24.5 Å². The van der Waals surface area contributed by atoms with E-state index in [1.54, 1.807) is 11.3 Å². The average Bonchev–Trinajstić information content (AvgIpc) is 3.62. The van der Waals surface area contributed by atoms with Gasteiger partial charge in [0.25, 0.3) is 0 Å². The van der Waals surface area contributed by atoms with Crippen molar-refractivity contribution < 1.29 is 9.47 Å². The zero-order chi connectivity index (χ0) is 22.9. The van der Waals surface area contributed by atoms with E-state index < -0.39 is 0 Å². The Kier molecular flexibility index (Phi) is 6.51. The van der Waals surface area contributed by atoms with Crippen LogP contribution < -0.4 is 5.32 Å². The predicted octanol–water partition coefficient (Wildman–Crippen LogP) is 3.80. The van der Waals surface area contributed by atoms with E-state index in [-0.39, 0.29) is 0 Å². The van der Waals surface area contributed by atoms with Gasteiger partial charge in [0, 0.05) is 44.4 Å². The summed E-state index contributed by atoms with van der Waals surface area (Å²) < 4.78 is 13.1. The standard InChI is InChI=1S/C25H34N6O2S/c1-17-16-34-25-23(17)24(27-19-2-4-20(5-3-19)30-7-10-32-11-8-30)28-22(29-25)12-18-13-26-31(14-18)21-6-9-33-15-21/h13-14,16,19-21H,2-12,15H2,1H3,(H,27,28,29). The Balaban J connectivity index is 1.16. The number of rotatable bonds is 6. The lowest BCUT2D eigenvalue weighted by Crippen LogP contribution is -2.46. The maximum Gasteiger partial charge on any atom is 0.139 e. The molecule has 0 bridgehead atoms. The molecule has 9 heteroatoms. The van der Waals surface area contributed by atoms with Gasteiger partial charge in [-0.2, -0.15) is 5.10 Å². The minimum Gasteiger partial charge on any atom is -0.379 e. The summed E-state index contributed by atoms with van der Waals surface area (Å²) in [6.45, 7) is 7.65. The van der Waals surface area contributed by atoms with Crippen molar-refractivity contribution in [2.75, 3.05) is 44.8 Å². The van der Waals surface area contributed by atoms with Gasteiger partial charge in [-0.1, -0.05) is 0 Å². The lowest BCUT2D eigenvalue weighted by atomic mass is 9.90. The van der Waals surface area contributed by atoms with E-state index in [1.807, 2.05) is 10.9 Å². The Morgan fingerprint density at radius 3 is 2.68 bits per heavy atom. The summed E-state index contributed by atoms with van der Waals surface area (Å²) in [7, 11) is 0. The fourth-order valence-corrected chi connectivity index (χ4v) is 6.55. The Morgan fingerprint density at radius 1 is 1.03 bits per heavy atom. The summed E-state index contributed by atoms with van der Waals surface area (Å²) in [5.74, 6) is 1.87. The molecule has 3 aromatic rings. The number of hydrogen-bond donors (Lipinski definition) is 1. The van der Waals surface area contributed by atoms with Gasteiger partial charge in [-0.25, -0.2) is 9.97 Å². The Labute approximate surface area is 204 Å². The molecule has 0 aromatic carbocycles. The van der Waals surface area contributed by atoms with Gasteiger partial charge in [0.05, 0.1) is 37.4 Å². The summed E-state index contributed by atoms with van der Waals surface area (Å²) >= 11 is 1.71. The highest BCUT2D eigenvalue weighted by Gasteiger charge is 2.28. The minimum atomic E-state index is 0.349. The topological polar surface area (TPSA) is 77.3 Å². The fourth-order valence-electron chi connectivity index (χ4n) is 5.61. The number of nitrogens with zero attached hydrogens (tertiary/aromatic N) is 5. The normalized spacial score (nSPS) is 26.3. The first-order valence-electron chi connectivity index (χ1n) is 12.7. The third-order valence-corrected chi connectivity index (χ3v) is 8.55. The van der Waals surface area contributed by atoms with Crippen LogP contribution in [0.2, 0.25) is 0 Å². The van der Waals surface area contributed by atoms with Crippen LogP contribution >= 0.6 is 11.3 Å². The Hall–Kier alpha value is -2.07. The number of aryl methyl sites for hydroxylation is 1. The third kappa shape index (κ3) is 4.71. The van der Waals surface area contributed by atoms with E-state index in [1.165, 1.54) is 36.6 Å². The molecule has 5 heterocycles. The Morgan fingerprint density at radius 2 is 1.88 bits per heavy atom. The van der Waals surface area contributed by atoms with Gasteiger partial charge >= 0.3 is 0 Å². The highest BCUT2D eigenvalue weighted by molar-refractivity contribution is 7.17. The lowest BCUT2D eigenvalue weighted by Gasteiger charge is -2.39. The largest absolute Gasteiger partial charge is 0.379 e. The molecule has 6 rings (SSSR count). The Bertz CT molecular complexity index is 1110. The number of hydrogen-bond acceptors (Lipinski definition) is 8. The van der Waals surface area contributed by atoms with E-state index in [9.17, 15) is 0 Å². The van der Waals surface area contributed by atoms with Crippen molar-refractivity contribution in [3.8, 4) is 0 Å². The third-order valence-electron chi connectivity index (χ3n) is 7.56. The van der Waals surface area contributed by atoms with Crippen LogP contribution in [0.15, 0.2) is 17.8 Å². The second-order valence-corrected chi connectivity index (χ2v) is 10.8. The summed E-state index contributed by atoms with van der Waals surface area (Å²) in [6, 6.07) is 1.52. The van der Waals surface area contributed by atoms with Gasteiger partial charge in [-0.05, 0) is 55.5 Å². The van der Waals surface area contributed by atoms with Gasteiger partial charge in [0.1, 0.15) is 16.5 Å². The SMILES string of the molecule is Cc1csc2nc(Cc3cnn(C4CCOC4)c3)nc(NC3CCC(N4CCOCC4)CC3)c12. The van der Waals surface area contributed by atoms with Gasteiger partial charge in [0.15, 0.2) is 0 Å². The molecule has 1 aliphatic carbocycles. The smallest absolute Gasteiger partial charge is 0.139 e. The number of thiophene rings is 1. The first kappa shape index (κ1) is 22.4. The van der Waals surface area contributed by atoms with Crippen molar-refractivity contribution in [1.29, 1.82) is 0 Å². The molecule has 3 aliphatic rings. The molecule has 2 saturated heterocycles. The van der Waals surface area contributed by atoms with Crippen LogP contribution in [0.1, 0.15) is 55.1 Å². The van der Waals surface area contributed by atoms with Crippen molar-refractivity contribution in [2.45, 2.75) is 63.6 Å². The van der Waals surface area contributed by atoms with E-state index in [4.69, 9.17) is 19.4 Å². The summed E-state index contributed by atoms with van der Waals surface area (Å²) in [5.41, 5.74) is 2.40. The van der Waals surface area contributed by atoms with E-state index >= 15 is 0 Å². The van der Waals surface area contributed by atoms with Crippen LogP contribution in [0.3, 0.4) is 0 Å². The molecule has 1 saturated carbocycles. The van der Waals surface area contributed by atoms with Gasteiger partial charge in [-0.15, -0.1) is 11.3 Å². The number of fused-ring (bicyclic) bond motifs is 1. The molecule has 182 valence electrons. The van der Waals surface area contributed by atoms with E-state index in [2.05, 4.69) is 33.8 Å². The molecule has 3 aromatic heterocycles. The van der Waals surface area contributed by atoms with Crippen molar-refractivity contribution in [2.24, 2.45) is 0 Å². The number of aromatic nitrogens is 4. The van der Waals surface area contributed by atoms with Crippen LogP contribution in [0.5, 0.6) is 0 Å². The maximum atomic E-state index is 5.54. The van der Waals surface area contributed by atoms with E-state index in [0.717, 1.165) is 68.0 Å². The number of morpholine rings is 1. The van der Waals surface area contributed by atoms with Gasteiger partial charge < -0.3 is 14.8 Å². The molecule has 2 aliphatic heterocycles. The molecule has 1 atom stereocenters. The summed E-state index contributed by atoms with van der Waals surface area (Å²) in [5, 5.41) is 11.8. The van der Waals surface area contributed by atoms with Crippen molar-refractivity contribution in [3.63, 3.8) is 0 Å². The quantitative estimate of drug-likeness (QED) is 0.573. The van der Waals surface area contributed by atoms with Crippen LogP contribution in [0, 0.1) is 6.92 Å². The summed E-state index contributed by atoms with van der Waals surface area (Å²) in [4.78, 5) is 13.6. The van der Waals surface area contributed by atoms with Crippen molar-refractivity contribution in [1.82, 2.24) is 24.6 Å². The number of ether oxygens (including phenoxy) is 2. The van der Waals surface area contributed by atoms with Crippen molar-refractivity contribution in [3.05, 3.63) is 34.7 Å². The molecule has 1 unspecified atom stereocenters. The summed E-state index contributed by atoms with van der Waals surface area (Å²) in [6.07, 6.45) is 10.7. The average molecular weight is 483 g/mol. The molecular formula is C25H34N6O2S. The van der Waals surface area contributed by atoms with Crippen LogP contribution in [0.4, 0.5) is 5.82 Å². The monoisotopic (exact) mass is 482 g/mol. The molecule has 0 radical (unpaired) electrons. The molecule has 0 amide bonds. The highest BCUT2D eigenvalue weighted by Crippen LogP contribution is 2.33. The zero-order valence-corrected chi connectivity index (χ0v) is 20.7. The molecule has 0 spiro atoms. The predicted molar refractivity (Wildman–Crippen MR) is 134 cm³/mol. The van der Waals surface area contributed by atoms with Gasteiger partial charge in [-0.3, -0.25) is 9.58 Å². The zero-order valence-electron chi connectivity index (χ0n) is 19.9. The van der Waals surface area contributed by atoms with Crippen LogP contribution in [-0.4, -0.2) is 76.2 Å². The number of nitrogens with one attached hydrogen (secondary N) is 1. The first-order valence-corrected chi connectivity index (χ1v) is 13.5. The number of anilines is 1. The fraction of sp³-hybridized carbons (Fsp3) is 0.640. The second kappa shape index (κ2) is 9.89. The molecule has 8 nitrogen and oxygen atoms in total. The van der Waals surface area contributed by atoms with Crippen LogP contribution in [0.25, 0.3) is 10.2 Å². The van der Waals surface area contributed by atoms with Crippen LogP contribution in [-0.2, 0) is 15.9 Å². The molecule has 3 fully saturated rings. The maximum absolute atomic E-state index is 5.54. The highest BCUT2D eigenvalue weighted by atomic mass is 32.1. The first-order chi connectivity index (χ1) is 16.7. The van der Waals surface area contributed by atoms with Gasteiger partial charge in [0.2, 0.25) is 0 Å². The molecule has 1 N–H and O–H groups in total. The molecular weight excluding hydrogens is 448 g/mol. The minimum absolute atomic E-state index is 0.349.